The quantitative estimate of drug-likeness (QED) is 0.228. The molecule has 2 N–H and O–H groups in total. The van der Waals surface area contributed by atoms with Crippen LogP contribution in [-0.4, -0.2) is 45.4 Å². The Hall–Kier alpha value is -4.67. The molecule has 3 rings (SSSR count). The fraction of sp³-hybridized carbons (Fsp3) is 0.136. The number of hydrogen-bond donors (Lipinski definition) is 2. The zero-order valence-electron chi connectivity index (χ0n) is 17.2. The van der Waals surface area contributed by atoms with E-state index < -0.39 is 29.1 Å². The van der Waals surface area contributed by atoms with Gasteiger partial charge in [-0.15, -0.1) is 0 Å². The first-order valence-electron chi connectivity index (χ1n) is 9.62. The molecular formula is C22H19N3O8. The zero-order valence-corrected chi connectivity index (χ0v) is 17.2. The van der Waals surface area contributed by atoms with Gasteiger partial charge < -0.3 is 19.9 Å². The van der Waals surface area contributed by atoms with Crippen molar-refractivity contribution in [1.82, 2.24) is 9.88 Å². The Morgan fingerprint density at radius 3 is 2.52 bits per heavy atom. The molecule has 11 heteroatoms. The second-order valence-electron chi connectivity index (χ2n) is 6.78. The van der Waals surface area contributed by atoms with Crippen LogP contribution in [0.2, 0.25) is 0 Å². The predicted octanol–water partition coefficient (Wildman–Crippen LogP) is 3.50. The number of hydrogen-bond acceptors (Lipinski definition) is 7. The van der Waals surface area contributed by atoms with Crippen LogP contribution in [0.25, 0.3) is 10.9 Å². The molecule has 0 aliphatic carbocycles. The van der Waals surface area contributed by atoms with E-state index in [1.54, 1.807) is 24.3 Å². The fourth-order valence-corrected chi connectivity index (χ4v) is 3.14. The molecule has 0 bridgehead atoms. The van der Waals surface area contributed by atoms with Crippen LogP contribution in [0.4, 0.5) is 15.3 Å². The average Bonchev–Trinajstić information content (AvgIpc) is 3.16. The van der Waals surface area contributed by atoms with Gasteiger partial charge in [0.15, 0.2) is 0 Å². The van der Waals surface area contributed by atoms with Crippen molar-refractivity contribution in [2.24, 2.45) is 0 Å². The maximum absolute atomic E-state index is 12.6. The Labute approximate surface area is 187 Å². The minimum atomic E-state index is -1.21. The Balaban J connectivity index is 1.82. The standard InChI is InChI=1S/C22H19N3O8/c1-2-11-32-20(26)18(23-21(27)33-16-9-7-15(8-10-16)25(30)31)12-14-13-24(22(28)29)19-6-4-3-5-17(14)19/h2-10,13,18H,1,11-12H2,(H,23,27)(H,28,29). The number of carbonyl (C=O) groups is 3. The van der Waals surface area contributed by atoms with E-state index >= 15 is 0 Å². The van der Waals surface area contributed by atoms with E-state index in [1.807, 2.05) is 0 Å². The van der Waals surface area contributed by atoms with Crippen LogP contribution in [0, 0.1) is 10.1 Å². The number of nitro benzene ring substituents is 1. The van der Waals surface area contributed by atoms with Crippen LogP contribution >= 0.6 is 0 Å². The van der Waals surface area contributed by atoms with Gasteiger partial charge in [-0.05, 0) is 23.8 Å². The first-order chi connectivity index (χ1) is 15.8. The van der Waals surface area contributed by atoms with E-state index in [1.165, 1.54) is 36.5 Å². The van der Waals surface area contributed by atoms with E-state index in [2.05, 4.69) is 11.9 Å². The van der Waals surface area contributed by atoms with Gasteiger partial charge in [0, 0.05) is 30.1 Å². The Kier molecular flexibility index (Phi) is 7.03. The molecule has 11 nitrogen and oxygen atoms in total. The van der Waals surface area contributed by atoms with Gasteiger partial charge in [-0.2, -0.15) is 0 Å². The number of carboxylic acid groups (broad SMARTS) is 1. The number of fused-ring (bicyclic) bond motifs is 1. The number of nitrogens with zero attached hydrogens (tertiary/aromatic N) is 2. The van der Waals surface area contributed by atoms with Crippen LogP contribution < -0.4 is 10.1 Å². The molecule has 0 radical (unpaired) electrons. The smallest absolute Gasteiger partial charge is 0.416 e. The number of nitro groups is 1. The van der Waals surface area contributed by atoms with Crippen LogP contribution in [-0.2, 0) is 16.0 Å². The Bertz CT molecular complexity index is 1220. The number of rotatable bonds is 8. The molecule has 1 aromatic heterocycles. The summed E-state index contributed by atoms with van der Waals surface area (Å²) in [6, 6.07) is 10.3. The molecule has 1 heterocycles. The van der Waals surface area contributed by atoms with E-state index in [0.29, 0.717) is 16.5 Å². The van der Waals surface area contributed by atoms with Crippen LogP contribution in [0.5, 0.6) is 5.75 Å². The number of esters is 1. The van der Waals surface area contributed by atoms with Crippen LogP contribution in [0.1, 0.15) is 5.56 Å². The highest BCUT2D eigenvalue weighted by molar-refractivity contribution is 5.92. The zero-order chi connectivity index (χ0) is 24.0. The first kappa shape index (κ1) is 23.0. The van der Waals surface area contributed by atoms with Crippen molar-refractivity contribution in [3.63, 3.8) is 0 Å². The first-order valence-corrected chi connectivity index (χ1v) is 9.62. The summed E-state index contributed by atoms with van der Waals surface area (Å²) < 4.78 is 11.2. The third-order valence-electron chi connectivity index (χ3n) is 4.60. The summed E-state index contributed by atoms with van der Waals surface area (Å²) in [5.41, 5.74) is 0.735. The lowest BCUT2D eigenvalue weighted by atomic mass is 10.1. The number of benzene rings is 2. The number of para-hydroxylation sites is 1. The maximum Gasteiger partial charge on any atom is 0.416 e. The predicted molar refractivity (Wildman–Crippen MR) is 116 cm³/mol. The topological polar surface area (TPSA) is 150 Å². The Morgan fingerprint density at radius 2 is 1.88 bits per heavy atom. The van der Waals surface area contributed by atoms with Crippen molar-refractivity contribution in [3.8, 4) is 5.75 Å². The lowest BCUT2D eigenvalue weighted by Gasteiger charge is -2.17. The lowest BCUT2D eigenvalue weighted by molar-refractivity contribution is -0.384. The summed E-state index contributed by atoms with van der Waals surface area (Å²) in [6.07, 6.45) is 0.455. The molecule has 0 saturated carbocycles. The van der Waals surface area contributed by atoms with Gasteiger partial charge >= 0.3 is 18.2 Å². The number of non-ortho nitro benzene ring substituents is 1. The second-order valence-corrected chi connectivity index (χ2v) is 6.78. The summed E-state index contributed by atoms with van der Waals surface area (Å²) in [7, 11) is 0. The molecule has 1 atom stereocenters. The van der Waals surface area contributed by atoms with Gasteiger partial charge in [0.2, 0.25) is 0 Å². The number of carbonyl (C=O) groups excluding carboxylic acids is 2. The SMILES string of the molecule is C=CCOC(=O)C(Cc1cn(C(=O)O)c2ccccc12)NC(=O)Oc1ccc([N+](=O)[O-])cc1. The minimum absolute atomic E-state index is 0.0267. The molecule has 33 heavy (non-hydrogen) atoms. The molecule has 0 spiro atoms. The van der Waals surface area contributed by atoms with Crippen molar-refractivity contribution in [3.05, 3.63) is 83.1 Å². The van der Waals surface area contributed by atoms with Gasteiger partial charge in [0.1, 0.15) is 18.4 Å². The molecule has 0 aliphatic heterocycles. The Morgan fingerprint density at radius 1 is 1.18 bits per heavy atom. The summed E-state index contributed by atoms with van der Waals surface area (Å²) >= 11 is 0. The van der Waals surface area contributed by atoms with E-state index in [-0.39, 0.29) is 24.5 Å². The van der Waals surface area contributed by atoms with Crippen molar-refractivity contribution in [1.29, 1.82) is 0 Å². The molecule has 3 aromatic rings. The third kappa shape index (κ3) is 5.53. The monoisotopic (exact) mass is 453 g/mol. The van der Waals surface area contributed by atoms with Crippen molar-refractivity contribution < 1.29 is 33.9 Å². The van der Waals surface area contributed by atoms with Crippen molar-refractivity contribution in [2.75, 3.05) is 6.61 Å². The highest BCUT2D eigenvalue weighted by Crippen LogP contribution is 2.23. The molecule has 0 aliphatic rings. The van der Waals surface area contributed by atoms with E-state index in [9.17, 15) is 29.6 Å². The molecule has 2 aromatic carbocycles. The number of amides is 1. The number of ether oxygens (including phenoxy) is 2. The summed E-state index contributed by atoms with van der Waals surface area (Å²) in [5.74, 6) is -0.749. The highest BCUT2D eigenvalue weighted by Gasteiger charge is 2.26. The highest BCUT2D eigenvalue weighted by atomic mass is 16.6. The maximum atomic E-state index is 12.6. The molecule has 170 valence electrons. The van der Waals surface area contributed by atoms with Gasteiger partial charge in [-0.1, -0.05) is 30.9 Å². The second kappa shape index (κ2) is 10.1. The normalized spacial score (nSPS) is 11.4. The van der Waals surface area contributed by atoms with Crippen molar-refractivity contribution in [2.45, 2.75) is 12.5 Å². The minimum Gasteiger partial charge on any atom is -0.464 e. The molecular weight excluding hydrogens is 434 g/mol. The fourth-order valence-electron chi connectivity index (χ4n) is 3.14. The molecule has 0 fully saturated rings. The average molecular weight is 453 g/mol. The van der Waals surface area contributed by atoms with Crippen molar-refractivity contribution >= 4 is 34.7 Å². The van der Waals surface area contributed by atoms with Gasteiger partial charge in [-0.25, -0.2) is 14.4 Å². The third-order valence-corrected chi connectivity index (χ3v) is 4.60. The largest absolute Gasteiger partial charge is 0.464 e. The summed E-state index contributed by atoms with van der Waals surface area (Å²) in [5, 5.41) is 23.2. The van der Waals surface area contributed by atoms with Gasteiger partial charge in [-0.3, -0.25) is 14.7 Å². The van der Waals surface area contributed by atoms with Gasteiger partial charge in [0.05, 0.1) is 10.4 Å². The van der Waals surface area contributed by atoms with E-state index in [4.69, 9.17) is 9.47 Å². The summed E-state index contributed by atoms with van der Waals surface area (Å²) in [6.45, 7) is 3.38. The number of nitrogens with one attached hydrogen (secondary N) is 1. The molecule has 1 unspecified atom stereocenters. The number of aromatic nitrogens is 1. The van der Waals surface area contributed by atoms with Crippen LogP contribution in [0.15, 0.2) is 67.4 Å². The molecule has 1 amide bonds. The lowest BCUT2D eigenvalue weighted by Crippen LogP contribution is -2.44. The van der Waals surface area contributed by atoms with Gasteiger partial charge in [0.25, 0.3) is 5.69 Å². The van der Waals surface area contributed by atoms with E-state index in [0.717, 1.165) is 4.57 Å². The van der Waals surface area contributed by atoms with Crippen LogP contribution in [0.3, 0.4) is 0 Å². The summed E-state index contributed by atoms with van der Waals surface area (Å²) in [4.78, 5) is 46.7. The molecule has 0 saturated heterocycles.